The molecule has 0 N–H and O–H groups in total. The van der Waals surface area contributed by atoms with Gasteiger partial charge < -0.3 is 4.90 Å². The van der Waals surface area contributed by atoms with E-state index in [1.807, 2.05) is 11.8 Å². The highest BCUT2D eigenvalue weighted by Crippen LogP contribution is 2.13. The van der Waals surface area contributed by atoms with Crippen LogP contribution in [0.4, 0.5) is 0 Å². The summed E-state index contributed by atoms with van der Waals surface area (Å²) in [5, 5.41) is 0. The molecule has 1 aliphatic rings. The molecule has 0 saturated carbocycles. The number of carbonyl (C=O) groups is 1. The van der Waals surface area contributed by atoms with Crippen molar-refractivity contribution in [1.82, 2.24) is 4.90 Å². The van der Waals surface area contributed by atoms with Gasteiger partial charge in [0.25, 0.3) is 0 Å². The molecule has 74 valence electrons. The Morgan fingerprint density at radius 1 is 1.69 bits per heavy atom. The zero-order valence-electron chi connectivity index (χ0n) is 8.84. The lowest BCUT2D eigenvalue weighted by atomic mass is 10.0. The summed E-state index contributed by atoms with van der Waals surface area (Å²) in [6.07, 6.45) is 4.14. The smallest absolute Gasteiger partial charge is 0.225 e. The number of amides is 1. The molecule has 1 rings (SSSR count). The average molecular weight is 181 g/mol. The number of hydrogen-bond acceptors (Lipinski definition) is 1. The number of carbonyl (C=O) groups excluding carboxylic acids is 1. The maximum absolute atomic E-state index is 11.7. The minimum absolute atomic E-state index is 0.187. The second kappa shape index (κ2) is 4.45. The van der Waals surface area contributed by atoms with Gasteiger partial charge in [0.2, 0.25) is 5.91 Å². The lowest BCUT2D eigenvalue weighted by Gasteiger charge is -2.27. The Morgan fingerprint density at radius 3 is 2.85 bits per heavy atom. The van der Waals surface area contributed by atoms with E-state index in [1.165, 1.54) is 5.57 Å². The molecule has 0 aromatic carbocycles. The van der Waals surface area contributed by atoms with E-state index in [0.29, 0.717) is 5.91 Å². The van der Waals surface area contributed by atoms with Gasteiger partial charge in [0.05, 0.1) is 0 Å². The average Bonchev–Trinajstić information content (AvgIpc) is 2.17. The fraction of sp³-hybridized carbons (Fsp3) is 0.727. The van der Waals surface area contributed by atoms with Gasteiger partial charge in [0.1, 0.15) is 0 Å². The third-order valence-electron chi connectivity index (χ3n) is 2.78. The van der Waals surface area contributed by atoms with Gasteiger partial charge in [-0.3, -0.25) is 4.79 Å². The highest BCUT2D eigenvalue weighted by molar-refractivity contribution is 5.78. The van der Waals surface area contributed by atoms with Crippen LogP contribution in [0.1, 0.15) is 33.6 Å². The minimum atomic E-state index is 0.187. The molecule has 2 nitrogen and oxygen atoms in total. The van der Waals surface area contributed by atoms with Gasteiger partial charge in [-0.15, -0.1) is 0 Å². The van der Waals surface area contributed by atoms with Crippen molar-refractivity contribution in [3.8, 4) is 0 Å². The molecule has 0 spiro atoms. The summed E-state index contributed by atoms with van der Waals surface area (Å²) in [5.74, 6) is 0.498. The molecule has 1 unspecified atom stereocenters. The first kappa shape index (κ1) is 10.3. The fourth-order valence-corrected chi connectivity index (χ4v) is 1.46. The molecule has 0 aromatic heterocycles. The van der Waals surface area contributed by atoms with Crippen molar-refractivity contribution in [1.29, 1.82) is 0 Å². The van der Waals surface area contributed by atoms with E-state index in [9.17, 15) is 4.79 Å². The second-order valence-electron chi connectivity index (χ2n) is 3.89. The molecule has 0 radical (unpaired) electrons. The van der Waals surface area contributed by atoms with E-state index in [-0.39, 0.29) is 5.92 Å². The van der Waals surface area contributed by atoms with E-state index >= 15 is 0 Å². The van der Waals surface area contributed by atoms with Crippen molar-refractivity contribution in [2.45, 2.75) is 33.6 Å². The lowest BCUT2D eigenvalue weighted by Crippen LogP contribution is -2.37. The van der Waals surface area contributed by atoms with E-state index in [0.717, 1.165) is 25.9 Å². The third kappa shape index (κ3) is 2.58. The van der Waals surface area contributed by atoms with Crippen LogP contribution in [0.25, 0.3) is 0 Å². The first-order valence-electron chi connectivity index (χ1n) is 5.09. The van der Waals surface area contributed by atoms with Gasteiger partial charge in [-0.05, 0) is 19.8 Å². The maximum Gasteiger partial charge on any atom is 0.225 e. The Kier molecular flexibility index (Phi) is 3.52. The Labute approximate surface area is 80.6 Å². The number of nitrogens with zero attached hydrogens (tertiary/aromatic N) is 1. The minimum Gasteiger partial charge on any atom is -0.338 e. The molecule has 0 aliphatic carbocycles. The van der Waals surface area contributed by atoms with Crippen molar-refractivity contribution in [3.05, 3.63) is 11.6 Å². The molecule has 13 heavy (non-hydrogen) atoms. The van der Waals surface area contributed by atoms with Gasteiger partial charge in [-0.25, -0.2) is 0 Å². The Morgan fingerprint density at radius 2 is 2.38 bits per heavy atom. The standard InChI is InChI=1S/C11H19NO/c1-4-10(3)11(13)12-7-5-9(2)6-8-12/h5,10H,4,6-8H2,1-3H3. The lowest BCUT2D eigenvalue weighted by molar-refractivity contribution is -0.134. The molecule has 1 atom stereocenters. The topological polar surface area (TPSA) is 20.3 Å². The summed E-state index contributed by atoms with van der Waals surface area (Å²) in [4.78, 5) is 13.7. The van der Waals surface area contributed by atoms with Crippen LogP contribution < -0.4 is 0 Å². The van der Waals surface area contributed by atoms with Crippen molar-refractivity contribution in [3.63, 3.8) is 0 Å². The largest absolute Gasteiger partial charge is 0.338 e. The van der Waals surface area contributed by atoms with E-state index in [2.05, 4.69) is 19.9 Å². The summed E-state index contributed by atoms with van der Waals surface area (Å²) in [7, 11) is 0. The Balaban J connectivity index is 2.50. The molecular weight excluding hydrogens is 162 g/mol. The van der Waals surface area contributed by atoms with Crippen molar-refractivity contribution in [2.24, 2.45) is 5.92 Å². The molecule has 0 saturated heterocycles. The monoisotopic (exact) mass is 181 g/mol. The van der Waals surface area contributed by atoms with E-state index in [1.54, 1.807) is 0 Å². The fourth-order valence-electron chi connectivity index (χ4n) is 1.46. The van der Waals surface area contributed by atoms with Crippen molar-refractivity contribution < 1.29 is 4.79 Å². The van der Waals surface area contributed by atoms with E-state index < -0.39 is 0 Å². The van der Waals surface area contributed by atoms with Gasteiger partial charge in [0.15, 0.2) is 0 Å². The highest BCUT2D eigenvalue weighted by atomic mass is 16.2. The van der Waals surface area contributed by atoms with Gasteiger partial charge in [-0.2, -0.15) is 0 Å². The van der Waals surface area contributed by atoms with Crippen LogP contribution in [-0.4, -0.2) is 23.9 Å². The van der Waals surface area contributed by atoms with Crippen molar-refractivity contribution >= 4 is 5.91 Å². The van der Waals surface area contributed by atoms with Gasteiger partial charge >= 0.3 is 0 Å². The van der Waals surface area contributed by atoms with Crippen LogP contribution >= 0.6 is 0 Å². The van der Waals surface area contributed by atoms with Gasteiger partial charge in [-0.1, -0.05) is 25.5 Å². The quantitative estimate of drug-likeness (QED) is 0.598. The summed E-state index contributed by atoms with van der Waals surface area (Å²) < 4.78 is 0. The van der Waals surface area contributed by atoms with Crippen molar-refractivity contribution in [2.75, 3.05) is 13.1 Å². The number of hydrogen-bond donors (Lipinski definition) is 0. The molecule has 0 fully saturated rings. The van der Waals surface area contributed by atoms with Crippen LogP contribution in [-0.2, 0) is 4.79 Å². The van der Waals surface area contributed by atoms with E-state index in [4.69, 9.17) is 0 Å². The summed E-state index contributed by atoms with van der Waals surface area (Å²) in [6.45, 7) is 7.92. The molecule has 2 heteroatoms. The number of rotatable bonds is 2. The Bertz CT molecular complexity index is 220. The maximum atomic E-state index is 11.7. The predicted molar refractivity (Wildman–Crippen MR) is 54.4 cm³/mol. The van der Waals surface area contributed by atoms with Crippen LogP contribution in [0.5, 0.6) is 0 Å². The first-order chi connectivity index (χ1) is 6.15. The SMILES string of the molecule is CCC(C)C(=O)N1CC=C(C)CC1. The highest BCUT2D eigenvalue weighted by Gasteiger charge is 2.19. The van der Waals surface area contributed by atoms with Crippen LogP contribution in [0, 0.1) is 5.92 Å². The first-order valence-corrected chi connectivity index (χ1v) is 5.09. The summed E-state index contributed by atoms with van der Waals surface area (Å²) >= 11 is 0. The summed E-state index contributed by atoms with van der Waals surface area (Å²) in [6, 6.07) is 0. The molecule has 1 amide bonds. The van der Waals surface area contributed by atoms with Gasteiger partial charge in [0, 0.05) is 19.0 Å². The van der Waals surface area contributed by atoms with Crippen LogP contribution in [0.3, 0.4) is 0 Å². The van der Waals surface area contributed by atoms with Crippen LogP contribution in [0.2, 0.25) is 0 Å². The molecule has 0 bridgehead atoms. The molecule has 0 aromatic rings. The zero-order valence-corrected chi connectivity index (χ0v) is 8.84. The molecule has 1 heterocycles. The second-order valence-corrected chi connectivity index (χ2v) is 3.89. The van der Waals surface area contributed by atoms with Crippen LogP contribution in [0.15, 0.2) is 11.6 Å². The Hall–Kier alpha value is -0.790. The predicted octanol–water partition coefficient (Wildman–Crippen LogP) is 2.21. The molecular formula is C11H19NO. The normalized spacial score (nSPS) is 19.6. The zero-order chi connectivity index (χ0) is 9.84. The third-order valence-corrected chi connectivity index (χ3v) is 2.78. The molecule has 1 aliphatic heterocycles. The summed E-state index contributed by atoms with van der Waals surface area (Å²) in [5.41, 5.74) is 1.41.